The van der Waals surface area contributed by atoms with E-state index in [2.05, 4.69) is 4.74 Å². The zero-order valence-electron chi connectivity index (χ0n) is 11.2. The first kappa shape index (κ1) is 13.4. The third-order valence-corrected chi connectivity index (χ3v) is 3.50. The van der Waals surface area contributed by atoms with Crippen LogP contribution in [-0.2, 0) is 30.4 Å². The second kappa shape index (κ2) is 5.08. The van der Waals surface area contributed by atoms with E-state index in [-0.39, 0.29) is 6.61 Å². The standard InChI is InChI=1S/C14H13NO6/c1-19-13(17)11-9-10(12(16)21-11)15(9)14(18)20-7-8-5-3-2-4-6-8/h2-6,9-11H,7H2,1H3/t9-,10+,11-,15?/m0/s1. The first-order chi connectivity index (χ1) is 10.1. The fourth-order valence-corrected chi connectivity index (χ4v) is 2.41. The third kappa shape index (κ3) is 2.31. The van der Waals surface area contributed by atoms with Crippen LogP contribution in [0, 0.1) is 0 Å². The van der Waals surface area contributed by atoms with E-state index in [9.17, 15) is 14.4 Å². The maximum Gasteiger partial charge on any atom is 0.411 e. The van der Waals surface area contributed by atoms with E-state index in [1.807, 2.05) is 30.3 Å². The molecule has 110 valence electrons. The molecule has 0 spiro atoms. The first-order valence-electron chi connectivity index (χ1n) is 6.41. The average molecular weight is 291 g/mol. The summed E-state index contributed by atoms with van der Waals surface area (Å²) in [6.45, 7) is 0.105. The van der Waals surface area contributed by atoms with E-state index >= 15 is 0 Å². The van der Waals surface area contributed by atoms with Crippen LogP contribution in [0.2, 0.25) is 0 Å². The predicted molar refractivity (Wildman–Crippen MR) is 67.9 cm³/mol. The Bertz CT molecular complexity index is 586. The fourth-order valence-electron chi connectivity index (χ4n) is 2.41. The monoisotopic (exact) mass is 291 g/mol. The van der Waals surface area contributed by atoms with Crippen LogP contribution in [-0.4, -0.2) is 48.2 Å². The lowest BCUT2D eigenvalue weighted by Crippen LogP contribution is -2.34. The highest BCUT2D eigenvalue weighted by atomic mass is 16.6. The molecule has 0 aliphatic carbocycles. The van der Waals surface area contributed by atoms with Crippen LogP contribution >= 0.6 is 0 Å². The summed E-state index contributed by atoms with van der Waals surface area (Å²) in [5.41, 5.74) is 0.838. The summed E-state index contributed by atoms with van der Waals surface area (Å²) in [7, 11) is 1.20. The number of nitrogens with zero attached hydrogens (tertiary/aromatic N) is 1. The Hall–Kier alpha value is -2.57. The van der Waals surface area contributed by atoms with Crippen LogP contribution < -0.4 is 0 Å². The van der Waals surface area contributed by atoms with Gasteiger partial charge in [0.25, 0.3) is 0 Å². The molecule has 3 rings (SSSR count). The minimum absolute atomic E-state index is 0.105. The van der Waals surface area contributed by atoms with Gasteiger partial charge in [-0.3, -0.25) is 4.90 Å². The number of carbonyl (C=O) groups excluding carboxylic acids is 3. The van der Waals surface area contributed by atoms with Crippen molar-refractivity contribution in [2.24, 2.45) is 0 Å². The van der Waals surface area contributed by atoms with Crippen molar-refractivity contribution in [3.05, 3.63) is 35.9 Å². The fraction of sp³-hybridized carbons (Fsp3) is 0.357. The topological polar surface area (TPSA) is 81.9 Å². The van der Waals surface area contributed by atoms with Crippen molar-refractivity contribution in [3.8, 4) is 0 Å². The van der Waals surface area contributed by atoms with Crippen molar-refractivity contribution in [2.45, 2.75) is 24.8 Å². The number of esters is 2. The number of morpholine rings is 1. The highest BCUT2D eigenvalue weighted by molar-refractivity contribution is 5.96. The molecule has 0 radical (unpaired) electrons. The van der Waals surface area contributed by atoms with Gasteiger partial charge in [-0.25, -0.2) is 14.4 Å². The number of amides is 1. The number of hydrogen-bond acceptors (Lipinski definition) is 6. The summed E-state index contributed by atoms with van der Waals surface area (Å²) in [5, 5.41) is 0. The van der Waals surface area contributed by atoms with E-state index in [4.69, 9.17) is 9.47 Å². The zero-order chi connectivity index (χ0) is 15.0. The number of fused-ring (bicyclic) bond motifs is 1. The van der Waals surface area contributed by atoms with Gasteiger partial charge in [0.2, 0.25) is 6.10 Å². The van der Waals surface area contributed by atoms with Crippen molar-refractivity contribution in [3.63, 3.8) is 0 Å². The van der Waals surface area contributed by atoms with Crippen molar-refractivity contribution in [1.29, 1.82) is 0 Å². The van der Waals surface area contributed by atoms with Gasteiger partial charge in [-0.15, -0.1) is 0 Å². The number of cyclic esters (lactones) is 1. The number of methoxy groups -OCH3 is 1. The van der Waals surface area contributed by atoms with Crippen molar-refractivity contribution >= 4 is 18.0 Å². The van der Waals surface area contributed by atoms with E-state index in [1.54, 1.807) is 0 Å². The van der Waals surface area contributed by atoms with Gasteiger partial charge in [-0.2, -0.15) is 0 Å². The Labute approximate surface area is 120 Å². The molecule has 2 fully saturated rings. The molecule has 2 heterocycles. The van der Waals surface area contributed by atoms with E-state index in [0.29, 0.717) is 0 Å². The average Bonchev–Trinajstić information content (AvgIpc) is 3.17. The van der Waals surface area contributed by atoms with Gasteiger partial charge < -0.3 is 14.2 Å². The molecule has 2 aliphatic heterocycles. The number of hydrogen-bond donors (Lipinski definition) is 0. The van der Waals surface area contributed by atoms with Crippen LogP contribution in [0.3, 0.4) is 0 Å². The van der Waals surface area contributed by atoms with Gasteiger partial charge in [0.05, 0.1) is 7.11 Å². The van der Waals surface area contributed by atoms with Gasteiger partial charge in [-0.05, 0) is 5.56 Å². The summed E-state index contributed by atoms with van der Waals surface area (Å²) in [4.78, 5) is 36.2. The Morgan fingerprint density at radius 3 is 2.67 bits per heavy atom. The molecule has 3 atom stereocenters. The number of rotatable bonds is 3. The van der Waals surface area contributed by atoms with Gasteiger partial charge in [-0.1, -0.05) is 30.3 Å². The molecule has 0 unspecified atom stereocenters. The number of carbonyl (C=O) groups is 3. The van der Waals surface area contributed by atoms with Gasteiger partial charge in [0.1, 0.15) is 12.6 Å². The Balaban J connectivity index is 1.60. The summed E-state index contributed by atoms with van der Waals surface area (Å²) in [6.07, 6.45) is -1.70. The summed E-state index contributed by atoms with van der Waals surface area (Å²) < 4.78 is 14.5. The lowest BCUT2D eigenvalue weighted by Gasteiger charge is -2.14. The third-order valence-electron chi connectivity index (χ3n) is 3.50. The molecule has 0 saturated carbocycles. The quantitative estimate of drug-likeness (QED) is 0.457. The van der Waals surface area contributed by atoms with Gasteiger partial charge in [0, 0.05) is 0 Å². The van der Waals surface area contributed by atoms with Crippen molar-refractivity contribution in [1.82, 2.24) is 4.90 Å². The van der Waals surface area contributed by atoms with Gasteiger partial charge in [0.15, 0.2) is 6.04 Å². The highest BCUT2D eigenvalue weighted by Gasteiger charge is 2.69. The molecular weight excluding hydrogens is 278 g/mol. The van der Waals surface area contributed by atoms with E-state index in [0.717, 1.165) is 5.56 Å². The lowest BCUT2D eigenvalue weighted by atomic mass is 10.2. The molecule has 7 nitrogen and oxygen atoms in total. The van der Waals surface area contributed by atoms with Crippen LogP contribution in [0.25, 0.3) is 0 Å². The molecule has 21 heavy (non-hydrogen) atoms. The van der Waals surface area contributed by atoms with Crippen LogP contribution in [0.4, 0.5) is 4.79 Å². The molecule has 1 aromatic carbocycles. The molecule has 1 amide bonds. The molecule has 2 aliphatic rings. The zero-order valence-corrected chi connectivity index (χ0v) is 11.2. The van der Waals surface area contributed by atoms with Crippen LogP contribution in [0.1, 0.15) is 5.56 Å². The molecule has 0 bridgehead atoms. The largest absolute Gasteiger partial charge is 0.466 e. The molecular formula is C14H13NO6. The maximum atomic E-state index is 11.9. The van der Waals surface area contributed by atoms with E-state index in [1.165, 1.54) is 12.0 Å². The summed E-state index contributed by atoms with van der Waals surface area (Å²) in [6, 6.07) is 7.81. The SMILES string of the molecule is COC(=O)[C@H]1OC(=O)[C@H]2[C@@H]1N2C(=O)OCc1ccccc1. The molecule has 0 aromatic heterocycles. The van der Waals surface area contributed by atoms with Crippen molar-refractivity contribution in [2.75, 3.05) is 7.11 Å². The van der Waals surface area contributed by atoms with Crippen LogP contribution in [0.5, 0.6) is 0 Å². The number of benzene rings is 1. The van der Waals surface area contributed by atoms with Gasteiger partial charge >= 0.3 is 18.0 Å². The molecule has 2 saturated heterocycles. The Morgan fingerprint density at radius 2 is 2.00 bits per heavy atom. The highest BCUT2D eigenvalue weighted by Crippen LogP contribution is 2.40. The Kier molecular flexibility index (Phi) is 3.25. The predicted octanol–water partition coefficient (Wildman–Crippen LogP) is 0.474. The molecule has 7 heteroatoms. The second-order valence-electron chi connectivity index (χ2n) is 4.76. The maximum absolute atomic E-state index is 11.9. The Morgan fingerprint density at radius 1 is 1.29 bits per heavy atom. The second-order valence-corrected chi connectivity index (χ2v) is 4.76. The molecule has 0 N–H and O–H groups in total. The van der Waals surface area contributed by atoms with Crippen molar-refractivity contribution < 1.29 is 28.6 Å². The first-order valence-corrected chi connectivity index (χ1v) is 6.41. The van der Waals surface area contributed by atoms with Crippen LogP contribution in [0.15, 0.2) is 30.3 Å². The minimum Gasteiger partial charge on any atom is -0.466 e. The summed E-state index contributed by atoms with van der Waals surface area (Å²) >= 11 is 0. The summed E-state index contributed by atoms with van der Waals surface area (Å²) in [5.74, 6) is -1.28. The number of ether oxygens (including phenoxy) is 3. The minimum atomic E-state index is -1.06. The lowest BCUT2D eigenvalue weighted by molar-refractivity contribution is -0.163. The molecule has 1 aromatic rings. The normalized spacial score (nSPS) is 25.9. The van der Waals surface area contributed by atoms with E-state index < -0.39 is 36.2 Å². The smallest absolute Gasteiger partial charge is 0.411 e.